The molecule has 0 atom stereocenters. The SMILES string of the molecule is COC(c1cc([N+](=O)[O-])cc(C(OC)(C(F)(F)F)C(F)(F)F)c1)(C(F)(F)F)C(F)(F)F. The number of rotatable bonds is 5. The lowest BCUT2D eigenvalue weighted by molar-refractivity contribution is -0.391. The molecule has 0 heterocycles. The summed E-state index contributed by atoms with van der Waals surface area (Å²) in [5.74, 6) is 0. The fraction of sp³-hybridized carbons (Fsp3) is 0.571. The fourth-order valence-electron chi connectivity index (χ4n) is 2.80. The molecule has 0 saturated carbocycles. The van der Waals surface area contributed by atoms with Crippen LogP contribution in [0.3, 0.4) is 0 Å². The first kappa shape index (κ1) is 26.7. The number of alkyl halides is 12. The van der Waals surface area contributed by atoms with E-state index in [0.29, 0.717) is 0 Å². The van der Waals surface area contributed by atoms with Crippen LogP contribution in [0.5, 0.6) is 0 Å². The number of benzene rings is 1. The third kappa shape index (κ3) is 3.99. The first-order valence-corrected chi connectivity index (χ1v) is 7.31. The van der Waals surface area contributed by atoms with Crippen LogP contribution in [0.4, 0.5) is 58.4 Å². The highest BCUT2D eigenvalue weighted by molar-refractivity contribution is 5.46. The van der Waals surface area contributed by atoms with Crippen molar-refractivity contribution in [2.45, 2.75) is 35.9 Å². The summed E-state index contributed by atoms with van der Waals surface area (Å²) in [7, 11) is -0.368. The third-order valence-corrected chi connectivity index (χ3v) is 4.15. The van der Waals surface area contributed by atoms with Gasteiger partial charge in [-0.25, -0.2) is 0 Å². The van der Waals surface area contributed by atoms with Crippen molar-refractivity contribution in [3.8, 4) is 0 Å². The van der Waals surface area contributed by atoms with Gasteiger partial charge in [-0.2, -0.15) is 52.7 Å². The molecule has 1 aromatic carbocycles. The predicted molar refractivity (Wildman–Crippen MR) is 74.7 cm³/mol. The van der Waals surface area contributed by atoms with Gasteiger partial charge in [0.2, 0.25) is 0 Å². The highest BCUT2D eigenvalue weighted by Gasteiger charge is 2.76. The van der Waals surface area contributed by atoms with Crippen LogP contribution < -0.4 is 0 Å². The molecule has 1 aromatic rings. The van der Waals surface area contributed by atoms with Crippen LogP contribution >= 0.6 is 0 Å². The minimum Gasteiger partial charge on any atom is -0.357 e. The zero-order chi connectivity index (χ0) is 24.8. The molecule has 0 aliphatic rings. The molecule has 178 valence electrons. The van der Waals surface area contributed by atoms with Crippen molar-refractivity contribution in [1.29, 1.82) is 0 Å². The van der Waals surface area contributed by atoms with Crippen LogP contribution in [-0.4, -0.2) is 43.8 Å². The Morgan fingerprint density at radius 1 is 0.645 bits per heavy atom. The van der Waals surface area contributed by atoms with Crippen LogP contribution in [0.25, 0.3) is 0 Å². The average molecular weight is 483 g/mol. The Bertz CT molecular complexity index is 738. The van der Waals surface area contributed by atoms with Gasteiger partial charge in [0.05, 0.1) is 4.92 Å². The molecular formula is C14H9F12NO4. The molecule has 31 heavy (non-hydrogen) atoms. The number of hydrogen-bond donors (Lipinski definition) is 0. The normalized spacial score (nSPS) is 14.6. The quantitative estimate of drug-likeness (QED) is 0.314. The lowest BCUT2D eigenvalue weighted by Crippen LogP contribution is -2.57. The molecule has 5 nitrogen and oxygen atoms in total. The van der Waals surface area contributed by atoms with Crippen molar-refractivity contribution >= 4 is 5.69 Å². The van der Waals surface area contributed by atoms with Crippen molar-refractivity contribution in [3.05, 3.63) is 39.4 Å². The maximum Gasteiger partial charge on any atom is 0.430 e. The zero-order valence-corrected chi connectivity index (χ0v) is 14.8. The summed E-state index contributed by atoms with van der Waals surface area (Å²) in [5, 5.41) is 10.9. The molecule has 0 fully saturated rings. The van der Waals surface area contributed by atoms with Crippen molar-refractivity contribution in [2.75, 3.05) is 14.2 Å². The van der Waals surface area contributed by atoms with Gasteiger partial charge in [-0.05, 0) is 6.07 Å². The van der Waals surface area contributed by atoms with Crippen LogP contribution in [0.1, 0.15) is 11.1 Å². The topological polar surface area (TPSA) is 61.6 Å². The van der Waals surface area contributed by atoms with Crippen LogP contribution in [-0.2, 0) is 20.7 Å². The van der Waals surface area contributed by atoms with E-state index in [2.05, 4.69) is 9.47 Å². The molecule has 0 unspecified atom stereocenters. The summed E-state index contributed by atoms with van der Waals surface area (Å²) in [6.07, 6.45) is -26.1. The largest absolute Gasteiger partial charge is 0.430 e. The number of non-ortho nitro benzene ring substituents is 1. The number of ether oxygens (including phenoxy) is 2. The van der Waals surface area contributed by atoms with E-state index in [1.54, 1.807) is 0 Å². The Labute approximate surface area is 163 Å². The second-order valence-corrected chi connectivity index (χ2v) is 5.79. The molecular weight excluding hydrogens is 474 g/mol. The molecule has 0 N–H and O–H groups in total. The Hall–Kier alpha value is -2.30. The third-order valence-electron chi connectivity index (χ3n) is 4.15. The maximum absolute atomic E-state index is 13.4. The van der Waals surface area contributed by atoms with Gasteiger partial charge in [-0.15, -0.1) is 0 Å². The van der Waals surface area contributed by atoms with E-state index < -0.39 is 75.8 Å². The summed E-state index contributed by atoms with van der Waals surface area (Å²) >= 11 is 0. The average Bonchev–Trinajstić information content (AvgIpc) is 2.51. The van der Waals surface area contributed by atoms with Gasteiger partial charge in [0, 0.05) is 37.5 Å². The smallest absolute Gasteiger partial charge is 0.357 e. The molecule has 17 heteroatoms. The minimum atomic E-state index is -6.52. The van der Waals surface area contributed by atoms with Crippen LogP contribution in [0.2, 0.25) is 0 Å². The second-order valence-electron chi connectivity index (χ2n) is 5.79. The van der Waals surface area contributed by atoms with E-state index in [4.69, 9.17) is 0 Å². The molecule has 0 aromatic heterocycles. The first-order chi connectivity index (χ1) is 13.6. The Balaban J connectivity index is 4.28. The molecule has 0 spiro atoms. The molecule has 0 saturated heterocycles. The molecule has 1 rings (SSSR count). The molecule has 0 aliphatic heterocycles. The zero-order valence-electron chi connectivity index (χ0n) is 14.8. The van der Waals surface area contributed by atoms with E-state index in [0.717, 1.165) is 0 Å². The van der Waals surface area contributed by atoms with Crippen LogP contribution in [0.15, 0.2) is 18.2 Å². The molecule has 0 radical (unpaired) electrons. The van der Waals surface area contributed by atoms with E-state index in [1.807, 2.05) is 0 Å². The first-order valence-electron chi connectivity index (χ1n) is 7.31. The van der Waals surface area contributed by atoms with Gasteiger partial charge >= 0.3 is 24.7 Å². The van der Waals surface area contributed by atoms with Crippen LogP contribution in [0, 0.1) is 10.1 Å². The molecule has 0 aliphatic carbocycles. The lowest BCUT2D eigenvalue weighted by Gasteiger charge is -2.39. The monoisotopic (exact) mass is 483 g/mol. The van der Waals surface area contributed by atoms with Crippen molar-refractivity contribution in [3.63, 3.8) is 0 Å². The summed E-state index contributed by atoms with van der Waals surface area (Å²) in [6, 6.07) is -1.80. The summed E-state index contributed by atoms with van der Waals surface area (Å²) in [6.45, 7) is 0. The van der Waals surface area contributed by atoms with Gasteiger partial charge in [-0.3, -0.25) is 10.1 Å². The summed E-state index contributed by atoms with van der Waals surface area (Å²) in [5.41, 5.74) is -17.9. The summed E-state index contributed by atoms with van der Waals surface area (Å²) < 4.78 is 167. The Morgan fingerprint density at radius 2 is 0.903 bits per heavy atom. The second kappa shape index (κ2) is 7.68. The predicted octanol–water partition coefficient (Wildman–Crippen LogP) is 5.53. The van der Waals surface area contributed by atoms with E-state index in [1.165, 1.54) is 0 Å². The Morgan fingerprint density at radius 3 is 1.06 bits per heavy atom. The van der Waals surface area contributed by atoms with Gasteiger partial charge in [-0.1, -0.05) is 0 Å². The Kier molecular flexibility index (Phi) is 6.63. The number of methoxy groups -OCH3 is 2. The van der Waals surface area contributed by atoms with Crippen molar-refractivity contribution < 1.29 is 67.1 Å². The number of nitro benzene ring substituents is 1. The van der Waals surface area contributed by atoms with Crippen molar-refractivity contribution in [2.24, 2.45) is 0 Å². The van der Waals surface area contributed by atoms with Gasteiger partial charge < -0.3 is 9.47 Å². The van der Waals surface area contributed by atoms with E-state index >= 15 is 0 Å². The summed E-state index contributed by atoms with van der Waals surface area (Å²) in [4.78, 5) is 9.15. The number of hydrogen-bond acceptors (Lipinski definition) is 4. The van der Waals surface area contributed by atoms with E-state index in [-0.39, 0.29) is 14.2 Å². The minimum absolute atomic E-state index is 0.184. The van der Waals surface area contributed by atoms with Gasteiger partial charge in [0.15, 0.2) is 0 Å². The highest BCUT2D eigenvalue weighted by Crippen LogP contribution is 2.56. The molecule has 0 amide bonds. The van der Waals surface area contributed by atoms with Gasteiger partial charge in [0.25, 0.3) is 16.9 Å². The number of halogens is 12. The fourth-order valence-corrected chi connectivity index (χ4v) is 2.80. The van der Waals surface area contributed by atoms with E-state index in [9.17, 15) is 62.8 Å². The lowest BCUT2D eigenvalue weighted by atomic mass is 9.84. The van der Waals surface area contributed by atoms with Gasteiger partial charge in [0.1, 0.15) is 0 Å². The number of nitrogens with zero attached hydrogens (tertiary/aromatic N) is 1. The van der Waals surface area contributed by atoms with Crippen molar-refractivity contribution in [1.82, 2.24) is 0 Å². The standard InChI is InChI=1S/C14H9F12NO4/c1-30-9(11(15,16)17,12(18,19)20)6-3-7(5-8(4-6)27(28)29)10(31-2,13(21,22)23)14(24,25)26/h3-5H,1-2H3. The number of nitro groups is 1. The highest BCUT2D eigenvalue weighted by atomic mass is 19.4. The molecule has 0 bridgehead atoms. The maximum atomic E-state index is 13.4.